The Morgan fingerprint density at radius 3 is 2.42 bits per heavy atom. The largest absolute Gasteiger partial charge is 0.507 e. The molecule has 2 N–H and O–H groups in total. The smallest absolute Gasteiger partial charge is 0.300 e. The van der Waals surface area contributed by atoms with Crippen LogP contribution in [-0.2, 0) is 20.8 Å². The monoisotopic (exact) mass is 484 g/mol. The van der Waals surface area contributed by atoms with E-state index in [1.165, 1.54) is 18.9 Å². The topological polar surface area (TPSA) is 95.9 Å². The number of ether oxygens (including phenoxy) is 1. The normalized spacial score (nSPS) is 16.8. The van der Waals surface area contributed by atoms with Crippen LogP contribution in [0.2, 0.25) is 0 Å². The zero-order valence-electron chi connectivity index (χ0n) is 20.7. The van der Waals surface area contributed by atoms with Gasteiger partial charge in [-0.1, -0.05) is 48.9 Å². The van der Waals surface area contributed by atoms with Crippen LogP contribution >= 0.6 is 0 Å². The fourth-order valence-electron chi connectivity index (χ4n) is 4.44. The number of nitrogens with one attached hydrogen (secondary N) is 1. The highest BCUT2D eigenvalue weighted by molar-refractivity contribution is 6.51. The van der Waals surface area contributed by atoms with E-state index >= 15 is 0 Å². The van der Waals surface area contributed by atoms with Crippen molar-refractivity contribution >= 4 is 34.7 Å². The molecule has 0 saturated carbocycles. The van der Waals surface area contributed by atoms with E-state index in [-0.39, 0.29) is 17.2 Å². The lowest BCUT2D eigenvalue weighted by Gasteiger charge is -2.26. The molecule has 7 heteroatoms. The Labute approximate surface area is 210 Å². The molecule has 3 aromatic rings. The number of methoxy groups -OCH3 is 1. The van der Waals surface area contributed by atoms with E-state index in [0.29, 0.717) is 28.3 Å². The number of aliphatic hydroxyl groups is 1. The fraction of sp³-hybridized carbons (Fsp3) is 0.207. The predicted octanol–water partition coefficient (Wildman–Crippen LogP) is 5.15. The SMILES string of the molecule is CCc1ccc(C2/C(=C(\O)c3cc(C)ccc3OC)C(=O)C(=O)N2c2cccc(NC(C)=O)c2)cc1. The third-order valence-electron chi connectivity index (χ3n) is 6.20. The molecule has 1 unspecified atom stereocenters. The number of carbonyl (C=O) groups is 3. The molecule has 1 aliphatic heterocycles. The van der Waals surface area contributed by atoms with Crippen molar-refractivity contribution in [3.63, 3.8) is 0 Å². The third kappa shape index (κ3) is 4.60. The first-order chi connectivity index (χ1) is 17.2. The number of benzene rings is 3. The standard InChI is InChI=1S/C29H28N2O5/c1-5-19-10-12-20(13-11-19)26-25(27(33)23-15-17(2)9-14-24(23)36-4)28(34)29(35)31(26)22-8-6-7-21(16-22)30-18(3)32/h6-16,26,33H,5H2,1-4H3,(H,30,32)/b27-25+. The van der Waals surface area contributed by atoms with Crippen molar-refractivity contribution in [2.24, 2.45) is 0 Å². The van der Waals surface area contributed by atoms with Gasteiger partial charge in [-0.05, 0) is 54.8 Å². The first kappa shape index (κ1) is 24.7. The molecule has 36 heavy (non-hydrogen) atoms. The van der Waals surface area contributed by atoms with Gasteiger partial charge in [0.05, 0.1) is 24.3 Å². The number of hydrogen-bond acceptors (Lipinski definition) is 5. The van der Waals surface area contributed by atoms with Crippen molar-refractivity contribution in [2.45, 2.75) is 33.2 Å². The van der Waals surface area contributed by atoms with Crippen LogP contribution in [0.25, 0.3) is 5.76 Å². The fourth-order valence-corrected chi connectivity index (χ4v) is 4.44. The summed E-state index contributed by atoms with van der Waals surface area (Å²) in [6, 6.07) is 18.7. The van der Waals surface area contributed by atoms with E-state index in [4.69, 9.17) is 4.74 Å². The maximum absolute atomic E-state index is 13.4. The highest BCUT2D eigenvalue weighted by Gasteiger charge is 2.47. The van der Waals surface area contributed by atoms with Gasteiger partial charge in [0.25, 0.3) is 11.7 Å². The zero-order chi connectivity index (χ0) is 26.0. The molecule has 4 rings (SSSR count). The van der Waals surface area contributed by atoms with E-state index in [1.807, 2.05) is 44.2 Å². The number of rotatable bonds is 6. The molecule has 1 fully saturated rings. The molecule has 0 spiro atoms. The summed E-state index contributed by atoms with van der Waals surface area (Å²) in [5.41, 5.74) is 3.84. The quantitative estimate of drug-likeness (QED) is 0.287. The van der Waals surface area contributed by atoms with Crippen LogP contribution in [0.1, 0.15) is 42.1 Å². The highest BCUT2D eigenvalue weighted by atomic mass is 16.5. The molecule has 0 radical (unpaired) electrons. The van der Waals surface area contributed by atoms with E-state index in [1.54, 1.807) is 36.4 Å². The Bertz CT molecular complexity index is 1370. The van der Waals surface area contributed by atoms with Crippen molar-refractivity contribution in [3.05, 3.63) is 94.6 Å². The maximum Gasteiger partial charge on any atom is 0.300 e. The van der Waals surface area contributed by atoms with Gasteiger partial charge in [-0.3, -0.25) is 19.3 Å². The van der Waals surface area contributed by atoms with Crippen LogP contribution in [0.4, 0.5) is 11.4 Å². The van der Waals surface area contributed by atoms with Crippen LogP contribution in [-0.4, -0.2) is 29.8 Å². The van der Waals surface area contributed by atoms with Crippen molar-refractivity contribution in [3.8, 4) is 5.75 Å². The third-order valence-corrected chi connectivity index (χ3v) is 6.20. The summed E-state index contributed by atoms with van der Waals surface area (Å²) in [4.78, 5) is 39.8. The van der Waals surface area contributed by atoms with E-state index in [9.17, 15) is 19.5 Å². The van der Waals surface area contributed by atoms with Gasteiger partial charge < -0.3 is 15.2 Å². The molecule has 7 nitrogen and oxygen atoms in total. The lowest BCUT2D eigenvalue weighted by atomic mass is 9.93. The Balaban J connectivity index is 1.95. The number of hydrogen-bond donors (Lipinski definition) is 2. The molecule has 1 heterocycles. The first-order valence-corrected chi connectivity index (χ1v) is 11.7. The van der Waals surface area contributed by atoms with Gasteiger partial charge in [-0.25, -0.2) is 0 Å². The van der Waals surface area contributed by atoms with E-state index in [0.717, 1.165) is 17.5 Å². The van der Waals surface area contributed by atoms with Crippen molar-refractivity contribution < 1.29 is 24.2 Å². The molecule has 184 valence electrons. The molecule has 0 aliphatic carbocycles. The van der Waals surface area contributed by atoms with Gasteiger partial charge in [-0.2, -0.15) is 0 Å². The summed E-state index contributed by atoms with van der Waals surface area (Å²) in [7, 11) is 1.48. The predicted molar refractivity (Wildman–Crippen MR) is 139 cm³/mol. The second-order valence-electron chi connectivity index (χ2n) is 8.70. The van der Waals surface area contributed by atoms with Gasteiger partial charge in [0.2, 0.25) is 5.91 Å². The van der Waals surface area contributed by atoms with Crippen molar-refractivity contribution in [1.29, 1.82) is 0 Å². The maximum atomic E-state index is 13.4. The van der Waals surface area contributed by atoms with Gasteiger partial charge in [0, 0.05) is 18.3 Å². The average Bonchev–Trinajstić information content (AvgIpc) is 3.13. The number of amides is 2. The molecule has 3 aromatic carbocycles. The lowest BCUT2D eigenvalue weighted by molar-refractivity contribution is -0.132. The summed E-state index contributed by atoms with van der Waals surface area (Å²) in [5, 5.41) is 14.2. The lowest BCUT2D eigenvalue weighted by Crippen LogP contribution is -2.29. The highest BCUT2D eigenvalue weighted by Crippen LogP contribution is 2.43. The number of anilines is 2. The number of aryl methyl sites for hydroxylation is 2. The molecule has 0 aromatic heterocycles. The van der Waals surface area contributed by atoms with E-state index in [2.05, 4.69) is 5.32 Å². The summed E-state index contributed by atoms with van der Waals surface area (Å²) in [6.07, 6.45) is 0.833. The molecule has 0 bridgehead atoms. The van der Waals surface area contributed by atoms with Crippen LogP contribution in [0.3, 0.4) is 0 Å². The number of nitrogens with zero attached hydrogens (tertiary/aromatic N) is 1. The summed E-state index contributed by atoms with van der Waals surface area (Å²) in [6.45, 7) is 5.30. The molecule has 2 amide bonds. The number of carbonyl (C=O) groups excluding carboxylic acids is 3. The molecular formula is C29H28N2O5. The van der Waals surface area contributed by atoms with Gasteiger partial charge in [-0.15, -0.1) is 0 Å². The van der Waals surface area contributed by atoms with Gasteiger partial charge >= 0.3 is 0 Å². The van der Waals surface area contributed by atoms with Gasteiger partial charge in [0.15, 0.2) is 0 Å². The van der Waals surface area contributed by atoms with Crippen LogP contribution in [0.15, 0.2) is 72.3 Å². The Morgan fingerprint density at radius 1 is 1.06 bits per heavy atom. The van der Waals surface area contributed by atoms with Crippen LogP contribution in [0, 0.1) is 6.92 Å². The van der Waals surface area contributed by atoms with Crippen molar-refractivity contribution in [1.82, 2.24) is 0 Å². The Morgan fingerprint density at radius 2 is 1.78 bits per heavy atom. The van der Waals surface area contributed by atoms with Crippen LogP contribution < -0.4 is 15.0 Å². The van der Waals surface area contributed by atoms with E-state index < -0.39 is 17.7 Å². The molecule has 1 aliphatic rings. The minimum Gasteiger partial charge on any atom is -0.507 e. The average molecular weight is 485 g/mol. The number of ketones is 1. The Kier molecular flexibility index (Phi) is 6.92. The van der Waals surface area contributed by atoms with Crippen molar-refractivity contribution in [2.75, 3.05) is 17.3 Å². The minimum atomic E-state index is -0.881. The minimum absolute atomic E-state index is 0.0296. The summed E-state index contributed by atoms with van der Waals surface area (Å²) >= 11 is 0. The summed E-state index contributed by atoms with van der Waals surface area (Å²) < 4.78 is 5.43. The summed E-state index contributed by atoms with van der Waals surface area (Å²) in [5.74, 6) is -1.75. The van der Waals surface area contributed by atoms with Gasteiger partial charge in [0.1, 0.15) is 11.5 Å². The number of aliphatic hydroxyl groups excluding tert-OH is 1. The molecular weight excluding hydrogens is 456 g/mol. The Hall–Kier alpha value is -4.39. The molecule has 1 atom stereocenters. The van der Waals surface area contributed by atoms with Crippen LogP contribution in [0.5, 0.6) is 5.75 Å². The number of Topliss-reactive ketones (excluding diaryl/α,β-unsaturated/α-hetero) is 1. The second-order valence-corrected chi connectivity index (χ2v) is 8.70. The first-order valence-electron chi connectivity index (χ1n) is 11.7. The molecule has 1 saturated heterocycles. The second kappa shape index (κ2) is 10.1. The zero-order valence-corrected chi connectivity index (χ0v) is 20.7.